The smallest absolute Gasteiger partial charge is 0.235 e. The first kappa shape index (κ1) is 21.6. The molecule has 2 aliphatic rings. The van der Waals surface area contributed by atoms with Crippen LogP contribution in [0.1, 0.15) is 50.1 Å². The number of aromatic nitrogens is 2. The Morgan fingerprint density at radius 3 is 2.59 bits per heavy atom. The Bertz CT molecular complexity index is 889. The monoisotopic (exact) mass is 419 g/mol. The average molecular weight is 420 g/mol. The molecule has 0 spiro atoms. The molecule has 158 valence electrons. The number of imide groups is 1. The number of anilines is 1. The Morgan fingerprint density at radius 2 is 1.90 bits per heavy atom. The molecule has 8 heteroatoms. The highest BCUT2D eigenvalue weighted by molar-refractivity contribution is 6.03. The van der Waals surface area contributed by atoms with E-state index in [0.29, 0.717) is 24.7 Å². The van der Waals surface area contributed by atoms with Crippen molar-refractivity contribution in [3.8, 4) is 0 Å². The van der Waals surface area contributed by atoms with Crippen LogP contribution in [0.3, 0.4) is 0 Å². The molecule has 1 saturated carbocycles. The van der Waals surface area contributed by atoms with Gasteiger partial charge in [0.05, 0.1) is 22.8 Å². The van der Waals surface area contributed by atoms with Crippen molar-refractivity contribution in [2.45, 2.75) is 44.4 Å². The average Bonchev–Trinajstić information content (AvgIpc) is 3.04. The summed E-state index contributed by atoms with van der Waals surface area (Å²) >= 11 is 0. The summed E-state index contributed by atoms with van der Waals surface area (Å²) in [6.07, 6.45) is 5.75. The van der Waals surface area contributed by atoms with Crippen LogP contribution in [0.25, 0.3) is 10.9 Å². The number of nitrogens with zero attached hydrogens (tertiary/aromatic N) is 2. The number of amides is 2. The maximum absolute atomic E-state index is 12.3. The SMILES string of the molecule is Cl.Cn1nc(C2CCC(=O)NC2=O)c2cccc(NCC3CCC(CN)CC3)c21. The van der Waals surface area contributed by atoms with E-state index >= 15 is 0 Å². The van der Waals surface area contributed by atoms with Crippen molar-refractivity contribution in [1.82, 2.24) is 15.1 Å². The molecule has 2 aromatic rings. The van der Waals surface area contributed by atoms with Crippen molar-refractivity contribution in [1.29, 1.82) is 0 Å². The standard InChI is InChI=1S/C21H29N5O2.ClH/c1-26-20-15(19(25-26)16-9-10-18(27)24-21(16)28)3-2-4-17(20)23-12-14-7-5-13(11-22)6-8-14;/h2-4,13-14,16,23H,5-12,22H2,1H3,(H,24,27,28);1H. The highest BCUT2D eigenvalue weighted by atomic mass is 35.5. The number of halogens is 1. The summed E-state index contributed by atoms with van der Waals surface area (Å²) in [5.74, 6) is 0.538. The van der Waals surface area contributed by atoms with Gasteiger partial charge in [-0.3, -0.25) is 19.6 Å². The van der Waals surface area contributed by atoms with E-state index in [4.69, 9.17) is 5.73 Å². The Kier molecular flexibility index (Phi) is 6.80. The third-order valence-electron chi connectivity index (χ3n) is 6.34. The van der Waals surface area contributed by atoms with E-state index in [-0.39, 0.29) is 30.1 Å². The molecule has 1 saturated heterocycles. The summed E-state index contributed by atoms with van der Waals surface area (Å²) in [4.78, 5) is 23.8. The van der Waals surface area contributed by atoms with E-state index in [2.05, 4.69) is 21.8 Å². The summed E-state index contributed by atoms with van der Waals surface area (Å²) < 4.78 is 1.85. The van der Waals surface area contributed by atoms with Crippen molar-refractivity contribution >= 4 is 40.8 Å². The number of fused-ring (bicyclic) bond motifs is 1. The van der Waals surface area contributed by atoms with Gasteiger partial charge in [0.2, 0.25) is 11.8 Å². The fourth-order valence-corrected chi connectivity index (χ4v) is 4.64. The lowest BCUT2D eigenvalue weighted by Crippen LogP contribution is -2.39. The van der Waals surface area contributed by atoms with E-state index in [1.54, 1.807) is 0 Å². The Morgan fingerprint density at radius 1 is 1.17 bits per heavy atom. The third-order valence-corrected chi connectivity index (χ3v) is 6.34. The molecule has 2 amide bonds. The van der Waals surface area contributed by atoms with Gasteiger partial charge in [-0.15, -0.1) is 12.4 Å². The number of hydrogen-bond acceptors (Lipinski definition) is 5. The lowest BCUT2D eigenvalue weighted by atomic mass is 9.82. The number of nitrogens with one attached hydrogen (secondary N) is 2. The second kappa shape index (κ2) is 9.13. The van der Waals surface area contributed by atoms with Gasteiger partial charge in [0.25, 0.3) is 0 Å². The van der Waals surface area contributed by atoms with E-state index in [0.717, 1.165) is 35.4 Å². The number of carbonyl (C=O) groups is 2. The molecule has 29 heavy (non-hydrogen) atoms. The van der Waals surface area contributed by atoms with Crippen LogP contribution in [0.15, 0.2) is 18.2 Å². The number of hydrogen-bond donors (Lipinski definition) is 3. The van der Waals surface area contributed by atoms with Gasteiger partial charge in [-0.05, 0) is 56.6 Å². The van der Waals surface area contributed by atoms with Crippen molar-refractivity contribution in [2.24, 2.45) is 24.6 Å². The predicted molar refractivity (Wildman–Crippen MR) is 116 cm³/mol. The Balaban J connectivity index is 0.00000240. The molecule has 4 rings (SSSR count). The Labute approximate surface area is 177 Å². The lowest BCUT2D eigenvalue weighted by molar-refractivity contribution is -0.134. The number of rotatable bonds is 5. The zero-order valence-electron chi connectivity index (χ0n) is 16.8. The number of para-hydroxylation sites is 1. The molecular formula is C21H30ClN5O2. The minimum Gasteiger partial charge on any atom is -0.383 e. The molecule has 1 aliphatic carbocycles. The second-order valence-corrected chi connectivity index (χ2v) is 8.22. The van der Waals surface area contributed by atoms with Gasteiger partial charge < -0.3 is 11.1 Å². The van der Waals surface area contributed by atoms with Gasteiger partial charge in [0.15, 0.2) is 0 Å². The van der Waals surface area contributed by atoms with E-state index in [1.165, 1.54) is 25.7 Å². The minimum absolute atomic E-state index is 0. The molecule has 4 N–H and O–H groups in total. The van der Waals surface area contributed by atoms with Crippen LogP contribution in [0.4, 0.5) is 5.69 Å². The first-order chi connectivity index (χ1) is 13.6. The van der Waals surface area contributed by atoms with Crippen LogP contribution in [-0.4, -0.2) is 34.7 Å². The van der Waals surface area contributed by atoms with Crippen LogP contribution in [0, 0.1) is 11.8 Å². The quantitative estimate of drug-likeness (QED) is 0.646. The van der Waals surface area contributed by atoms with E-state index < -0.39 is 0 Å². The van der Waals surface area contributed by atoms with Crippen molar-refractivity contribution in [3.05, 3.63) is 23.9 Å². The zero-order chi connectivity index (χ0) is 19.7. The van der Waals surface area contributed by atoms with Gasteiger partial charge >= 0.3 is 0 Å². The van der Waals surface area contributed by atoms with E-state index in [9.17, 15) is 9.59 Å². The summed E-state index contributed by atoms with van der Waals surface area (Å²) in [6, 6.07) is 6.09. The summed E-state index contributed by atoms with van der Waals surface area (Å²) in [5.41, 5.74) is 8.62. The van der Waals surface area contributed by atoms with Gasteiger partial charge in [-0.1, -0.05) is 12.1 Å². The third kappa shape index (κ3) is 4.41. The number of nitrogens with two attached hydrogens (primary N) is 1. The predicted octanol–water partition coefficient (Wildman–Crippen LogP) is 2.69. The molecule has 0 radical (unpaired) electrons. The topological polar surface area (TPSA) is 102 Å². The molecule has 1 aromatic heterocycles. The molecule has 2 heterocycles. The number of carbonyl (C=O) groups excluding carboxylic acids is 2. The molecule has 1 atom stereocenters. The van der Waals surface area contributed by atoms with Crippen molar-refractivity contribution in [3.63, 3.8) is 0 Å². The molecule has 1 aromatic carbocycles. The van der Waals surface area contributed by atoms with Crippen LogP contribution in [0.2, 0.25) is 0 Å². The van der Waals surface area contributed by atoms with Gasteiger partial charge in [-0.2, -0.15) is 5.10 Å². The van der Waals surface area contributed by atoms with Gasteiger partial charge in [-0.25, -0.2) is 0 Å². The maximum Gasteiger partial charge on any atom is 0.235 e. The van der Waals surface area contributed by atoms with Crippen LogP contribution >= 0.6 is 12.4 Å². The highest BCUT2D eigenvalue weighted by Crippen LogP contribution is 2.34. The molecule has 1 aliphatic heterocycles. The maximum atomic E-state index is 12.3. The number of aryl methyl sites for hydroxylation is 1. The normalized spacial score (nSPS) is 24.8. The first-order valence-electron chi connectivity index (χ1n) is 10.3. The highest BCUT2D eigenvalue weighted by Gasteiger charge is 2.32. The molecular weight excluding hydrogens is 390 g/mol. The fourth-order valence-electron chi connectivity index (χ4n) is 4.64. The van der Waals surface area contributed by atoms with Crippen molar-refractivity contribution in [2.75, 3.05) is 18.4 Å². The van der Waals surface area contributed by atoms with Crippen LogP contribution in [-0.2, 0) is 16.6 Å². The lowest BCUT2D eigenvalue weighted by Gasteiger charge is -2.28. The Hall–Kier alpha value is -2.12. The van der Waals surface area contributed by atoms with Gasteiger partial charge in [0, 0.05) is 25.4 Å². The molecule has 7 nitrogen and oxygen atoms in total. The second-order valence-electron chi connectivity index (χ2n) is 8.22. The van der Waals surface area contributed by atoms with E-state index in [1.807, 2.05) is 23.9 Å². The van der Waals surface area contributed by atoms with Crippen LogP contribution < -0.4 is 16.4 Å². The number of piperidine rings is 1. The molecule has 1 unspecified atom stereocenters. The largest absolute Gasteiger partial charge is 0.383 e. The number of benzene rings is 1. The zero-order valence-corrected chi connectivity index (χ0v) is 17.6. The molecule has 2 fully saturated rings. The summed E-state index contributed by atoms with van der Waals surface area (Å²) in [6.45, 7) is 1.74. The summed E-state index contributed by atoms with van der Waals surface area (Å²) in [7, 11) is 1.91. The van der Waals surface area contributed by atoms with Crippen molar-refractivity contribution < 1.29 is 9.59 Å². The van der Waals surface area contributed by atoms with Gasteiger partial charge in [0.1, 0.15) is 0 Å². The van der Waals surface area contributed by atoms with Crippen LogP contribution in [0.5, 0.6) is 0 Å². The first-order valence-corrected chi connectivity index (χ1v) is 10.3. The fraction of sp³-hybridized carbons (Fsp3) is 0.571. The molecule has 0 bridgehead atoms. The summed E-state index contributed by atoms with van der Waals surface area (Å²) in [5, 5.41) is 11.7. The minimum atomic E-state index is -0.372.